The lowest BCUT2D eigenvalue weighted by Gasteiger charge is -2.43. The molecule has 2 unspecified atom stereocenters. The van der Waals surface area contributed by atoms with Crippen molar-refractivity contribution in [1.29, 1.82) is 0 Å². The summed E-state index contributed by atoms with van der Waals surface area (Å²) in [6.07, 6.45) is 5.65. The first-order valence-electron chi connectivity index (χ1n) is 4.75. The molecule has 0 amide bonds. The third-order valence-corrected chi connectivity index (χ3v) is 2.88. The summed E-state index contributed by atoms with van der Waals surface area (Å²) in [5.74, 6) is 0. The Morgan fingerprint density at radius 3 is 3.00 bits per heavy atom. The fourth-order valence-corrected chi connectivity index (χ4v) is 2.21. The largest absolute Gasteiger partial charge is 0.363 e. The van der Waals surface area contributed by atoms with Crippen molar-refractivity contribution in [3.63, 3.8) is 0 Å². The maximum atomic E-state index is 5.68. The van der Waals surface area contributed by atoms with Gasteiger partial charge in [0.15, 0.2) is 0 Å². The highest BCUT2D eigenvalue weighted by Gasteiger charge is 2.30. The highest BCUT2D eigenvalue weighted by Crippen LogP contribution is 2.26. The molecule has 2 atom stereocenters. The van der Waals surface area contributed by atoms with Crippen LogP contribution in [0.25, 0.3) is 0 Å². The first-order valence-corrected chi connectivity index (χ1v) is 4.75. The van der Waals surface area contributed by atoms with Crippen LogP contribution in [0, 0.1) is 0 Å². The molecule has 64 valence electrons. The number of rotatable bonds is 0. The maximum absolute atomic E-state index is 5.68. The Labute approximate surface area is 68.5 Å². The van der Waals surface area contributed by atoms with E-state index in [0.717, 1.165) is 12.6 Å². The molecule has 2 aliphatic heterocycles. The second-order valence-corrected chi connectivity index (χ2v) is 3.70. The summed E-state index contributed by atoms with van der Waals surface area (Å²) in [4.78, 5) is 2.52. The zero-order valence-electron chi connectivity index (χ0n) is 7.25. The number of piperidine rings is 1. The summed E-state index contributed by atoms with van der Waals surface area (Å²) in [5, 5.41) is 0. The van der Waals surface area contributed by atoms with Gasteiger partial charge in [-0.05, 0) is 32.6 Å². The van der Waals surface area contributed by atoms with Gasteiger partial charge in [0.25, 0.3) is 0 Å². The van der Waals surface area contributed by atoms with Gasteiger partial charge in [-0.15, -0.1) is 0 Å². The summed E-state index contributed by atoms with van der Waals surface area (Å²) in [6.45, 7) is 4.56. The van der Waals surface area contributed by atoms with Crippen molar-refractivity contribution < 1.29 is 4.74 Å². The van der Waals surface area contributed by atoms with E-state index in [9.17, 15) is 0 Å². The Balaban J connectivity index is 1.99. The second-order valence-electron chi connectivity index (χ2n) is 3.70. The smallest absolute Gasteiger partial charge is 0.110 e. The first-order chi connectivity index (χ1) is 5.38. The van der Waals surface area contributed by atoms with Gasteiger partial charge in [0.2, 0.25) is 0 Å². The van der Waals surface area contributed by atoms with E-state index in [-0.39, 0.29) is 0 Å². The molecule has 0 bridgehead atoms. The molecule has 0 aromatic heterocycles. The molecule has 0 saturated carbocycles. The minimum atomic E-state index is 0.465. The average Bonchev–Trinajstić information content (AvgIpc) is 2.06. The molecule has 2 saturated heterocycles. The van der Waals surface area contributed by atoms with Crippen LogP contribution in [0.15, 0.2) is 0 Å². The van der Waals surface area contributed by atoms with E-state index in [1.54, 1.807) is 0 Å². The molecule has 0 aromatic carbocycles. The predicted octanol–water partition coefficient (Wildman–Crippen LogP) is 1.61. The lowest BCUT2D eigenvalue weighted by Crippen LogP contribution is -2.50. The highest BCUT2D eigenvalue weighted by molar-refractivity contribution is 4.79. The molecular weight excluding hydrogens is 138 g/mol. The van der Waals surface area contributed by atoms with E-state index >= 15 is 0 Å². The summed E-state index contributed by atoms with van der Waals surface area (Å²) in [5.41, 5.74) is 0. The van der Waals surface area contributed by atoms with Crippen LogP contribution >= 0.6 is 0 Å². The summed E-state index contributed by atoms with van der Waals surface area (Å²) in [7, 11) is 0. The number of fused-ring (bicyclic) bond motifs is 1. The van der Waals surface area contributed by atoms with Crippen molar-refractivity contribution in [3.05, 3.63) is 0 Å². The maximum Gasteiger partial charge on any atom is 0.110 e. The van der Waals surface area contributed by atoms with E-state index in [1.165, 1.54) is 32.2 Å². The van der Waals surface area contributed by atoms with Crippen molar-refractivity contribution in [2.24, 2.45) is 0 Å². The fourth-order valence-electron chi connectivity index (χ4n) is 2.21. The van der Waals surface area contributed by atoms with Crippen molar-refractivity contribution in [1.82, 2.24) is 4.90 Å². The van der Waals surface area contributed by atoms with Crippen molar-refractivity contribution >= 4 is 0 Å². The zero-order valence-corrected chi connectivity index (χ0v) is 7.25. The molecule has 2 aliphatic rings. The minimum absolute atomic E-state index is 0.465. The standard InChI is InChI=1S/C9H17NO/c1-8-4-2-5-9-10(8)6-3-7-11-9/h8-9H,2-7H2,1H3. The van der Waals surface area contributed by atoms with Gasteiger partial charge in [-0.3, -0.25) is 4.90 Å². The third-order valence-electron chi connectivity index (χ3n) is 2.88. The van der Waals surface area contributed by atoms with Gasteiger partial charge in [-0.1, -0.05) is 0 Å². The van der Waals surface area contributed by atoms with Crippen molar-refractivity contribution in [3.8, 4) is 0 Å². The molecule has 2 rings (SSSR count). The lowest BCUT2D eigenvalue weighted by atomic mass is 10.0. The second kappa shape index (κ2) is 3.11. The Hall–Kier alpha value is -0.0800. The van der Waals surface area contributed by atoms with Gasteiger partial charge in [0.05, 0.1) is 0 Å². The van der Waals surface area contributed by atoms with Gasteiger partial charge in [0, 0.05) is 19.2 Å². The van der Waals surface area contributed by atoms with E-state index in [4.69, 9.17) is 4.74 Å². The molecular formula is C9H17NO. The van der Waals surface area contributed by atoms with Gasteiger partial charge >= 0.3 is 0 Å². The van der Waals surface area contributed by atoms with Gasteiger partial charge < -0.3 is 4.74 Å². The van der Waals surface area contributed by atoms with E-state index in [1.807, 2.05) is 0 Å². The van der Waals surface area contributed by atoms with Crippen LogP contribution in [0.1, 0.15) is 32.6 Å². The van der Waals surface area contributed by atoms with E-state index in [2.05, 4.69) is 11.8 Å². The van der Waals surface area contributed by atoms with Crippen LogP contribution in [-0.4, -0.2) is 30.3 Å². The Bertz CT molecular complexity index is 136. The topological polar surface area (TPSA) is 12.5 Å². The highest BCUT2D eigenvalue weighted by atomic mass is 16.5. The molecule has 0 N–H and O–H groups in total. The molecule has 2 heterocycles. The zero-order chi connectivity index (χ0) is 7.68. The van der Waals surface area contributed by atoms with Crippen molar-refractivity contribution in [2.75, 3.05) is 13.2 Å². The summed E-state index contributed by atoms with van der Waals surface area (Å²) >= 11 is 0. The number of ether oxygens (including phenoxy) is 1. The molecule has 2 fully saturated rings. The molecule has 0 aromatic rings. The van der Waals surface area contributed by atoms with E-state index < -0.39 is 0 Å². The van der Waals surface area contributed by atoms with Crippen LogP contribution in [0.4, 0.5) is 0 Å². The molecule has 2 nitrogen and oxygen atoms in total. The monoisotopic (exact) mass is 155 g/mol. The number of nitrogens with zero attached hydrogens (tertiary/aromatic N) is 1. The molecule has 0 radical (unpaired) electrons. The molecule has 11 heavy (non-hydrogen) atoms. The number of hydrogen-bond donors (Lipinski definition) is 0. The normalized spacial score (nSPS) is 40.1. The molecule has 2 heteroatoms. The quantitative estimate of drug-likeness (QED) is 0.527. The Morgan fingerprint density at radius 2 is 2.18 bits per heavy atom. The number of hydrogen-bond acceptors (Lipinski definition) is 2. The average molecular weight is 155 g/mol. The van der Waals surface area contributed by atoms with Gasteiger partial charge in [0.1, 0.15) is 6.23 Å². The molecule has 0 aliphatic carbocycles. The Morgan fingerprint density at radius 1 is 1.27 bits per heavy atom. The van der Waals surface area contributed by atoms with Crippen molar-refractivity contribution in [2.45, 2.75) is 44.9 Å². The van der Waals surface area contributed by atoms with Gasteiger partial charge in [-0.25, -0.2) is 0 Å². The SMILES string of the molecule is CC1CCCC2OCCCN12. The van der Waals surface area contributed by atoms with Gasteiger partial charge in [-0.2, -0.15) is 0 Å². The summed E-state index contributed by atoms with van der Waals surface area (Å²) in [6, 6.07) is 0.758. The van der Waals surface area contributed by atoms with Crippen LogP contribution in [0.2, 0.25) is 0 Å². The first kappa shape index (κ1) is 7.56. The summed E-state index contributed by atoms with van der Waals surface area (Å²) < 4.78 is 5.68. The fraction of sp³-hybridized carbons (Fsp3) is 1.00. The van der Waals surface area contributed by atoms with Crippen LogP contribution in [0.3, 0.4) is 0 Å². The lowest BCUT2D eigenvalue weighted by molar-refractivity contribution is -0.131. The minimum Gasteiger partial charge on any atom is -0.363 e. The Kier molecular flexibility index (Phi) is 2.14. The molecule has 0 spiro atoms. The predicted molar refractivity (Wildman–Crippen MR) is 44.4 cm³/mol. The van der Waals surface area contributed by atoms with Crippen LogP contribution < -0.4 is 0 Å². The third kappa shape index (κ3) is 1.42. The van der Waals surface area contributed by atoms with E-state index in [0.29, 0.717) is 6.23 Å². The van der Waals surface area contributed by atoms with Crippen LogP contribution in [-0.2, 0) is 4.74 Å². The van der Waals surface area contributed by atoms with Crippen LogP contribution in [0.5, 0.6) is 0 Å².